The fourth-order valence-electron chi connectivity index (χ4n) is 0.512. The van der Waals surface area contributed by atoms with Crippen LogP contribution >= 0.6 is 0 Å². The predicted octanol–water partition coefficient (Wildman–Crippen LogP) is 1.61. The van der Waals surface area contributed by atoms with Crippen LogP contribution in [0.3, 0.4) is 0 Å². The molecule has 1 aromatic rings. The smallest absolute Gasteiger partial charge is 0.201 e. The lowest BCUT2D eigenvalue weighted by atomic mass is 10.4. The summed E-state index contributed by atoms with van der Waals surface area (Å²) < 4.78 is 22.4. The largest absolute Gasteiger partial charge is 0.508 e. The Morgan fingerprint density at radius 2 is 2.00 bits per heavy atom. The van der Waals surface area contributed by atoms with E-state index in [2.05, 4.69) is 0 Å². The molecule has 46 valence electrons. The van der Waals surface area contributed by atoms with Crippen molar-refractivity contribution in [1.29, 1.82) is 0 Å². The molecule has 0 saturated heterocycles. The highest BCUT2D eigenvalue weighted by Gasteiger charge is 2.11. The van der Waals surface area contributed by atoms with E-state index in [0.29, 0.717) is 0 Å². The molecule has 1 rings (SSSR count). The maximum absolute atomic E-state index is 12.4. The summed E-state index contributed by atoms with van der Waals surface area (Å²) in [7, 11) is 0. The van der Waals surface area contributed by atoms with Crippen LogP contribution in [-0.2, 0) is 15.9 Å². The van der Waals surface area contributed by atoms with Gasteiger partial charge in [0, 0.05) is 10.3 Å². The first-order chi connectivity index (χ1) is 4.34. The first-order valence-electron chi connectivity index (χ1n) is 2.39. The monoisotopic (exact) mass is 143 g/mol. The lowest BCUT2D eigenvalue weighted by Crippen LogP contribution is -1.78. The van der Waals surface area contributed by atoms with Crippen LogP contribution in [0.25, 0.3) is 0 Å². The van der Waals surface area contributed by atoms with E-state index in [-0.39, 0.29) is 16.6 Å². The minimum atomic E-state index is -0.447. The average Bonchev–Trinajstić information content (AvgIpc) is 1.89. The van der Waals surface area contributed by atoms with Gasteiger partial charge in [0.1, 0.15) is 0 Å². The van der Waals surface area contributed by atoms with Gasteiger partial charge >= 0.3 is 16.6 Å². The molecule has 0 radical (unpaired) electrons. The molecule has 0 fully saturated rings. The fraction of sp³-hybridized carbons (Fsp3) is 0. The first-order valence-corrected chi connectivity index (χ1v) is 3.13. The Hall–Kier alpha value is -0.830. The van der Waals surface area contributed by atoms with Crippen LogP contribution in [0.4, 0.5) is 4.39 Å². The molecule has 0 amide bonds. The van der Waals surface area contributed by atoms with Crippen molar-refractivity contribution in [2.45, 2.75) is 4.90 Å². The molecule has 0 aromatic heterocycles. The summed E-state index contributed by atoms with van der Waals surface area (Å²) in [6.45, 7) is 0. The van der Waals surface area contributed by atoms with Gasteiger partial charge in [-0.05, 0) is 6.07 Å². The molecule has 0 N–H and O–H groups in total. The van der Waals surface area contributed by atoms with E-state index in [0.717, 1.165) is 0 Å². The van der Waals surface area contributed by atoms with Crippen LogP contribution in [0.2, 0.25) is 0 Å². The van der Waals surface area contributed by atoms with Gasteiger partial charge in [0.15, 0.2) is 5.82 Å². The Bertz CT molecular complexity index is 224. The summed E-state index contributed by atoms with van der Waals surface area (Å²) in [5.41, 5.74) is 0. The zero-order valence-corrected chi connectivity index (χ0v) is 5.32. The van der Waals surface area contributed by atoms with Crippen LogP contribution in [-0.4, -0.2) is 0 Å². The first kappa shape index (κ1) is 6.29. The van der Waals surface area contributed by atoms with E-state index in [1.54, 1.807) is 12.1 Å². The molecular weight excluding hydrogens is 139 g/mol. The Balaban J connectivity index is 3.15. The zero-order valence-electron chi connectivity index (χ0n) is 4.50. The van der Waals surface area contributed by atoms with E-state index < -0.39 is 5.82 Å². The fourth-order valence-corrected chi connectivity index (χ4v) is 0.794. The van der Waals surface area contributed by atoms with Gasteiger partial charge in [0.05, 0.1) is 0 Å². The van der Waals surface area contributed by atoms with Crippen molar-refractivity contribution < 1.29 is 8.60 Å². The van der Waals surface area contributed by atoms with Crippen molar-refractivity contribution in [1.82, 2.24) is 0 Å². The highest BCUT2D eigenvalue weighted by atomic mass is 32.1. The van der Waals surface area contributed by atoms with Crippen LogP contribution < -0.4 is 0 Å². The Labute approximate surface area is 56.0 Å². The molecule has 0 atom stereocenters. The summed E-state index contributed by atoms with van der Waals surface area (Å²) in [6, 6.07) is 5.89. The third-order valence-electron chi connectivity index (χ3n) is 0.926. The third-order valence-corrected chi connectivity index (χ3v) is 1.44. The molecule has 0 aliphatic rings. The van der Waals surface area contributed by atoms with Crippen molar-refractivity contribution in [2.75, 3.05) is 0 Å². The lowest BCUT2D eigenvalue weighted by molar-refractivity contribution is 0.582. The second-order valence-corrected chi connectivity index (χ2v) is 2.12. The molecule has 0 unspecified atom stereocenters. The van der Waals surface area contributed by atoms with Gasteiger partial charge < -0.3 is 0 Å². The van der Waals surface area contributed by atoms with Crippen molar-refractivity contribution in [3.05, 3.63) is 30.1 Å². The molecule has 0 heterocycles. The summed E-state index contributed by atoms with van der Waals surface area (Å²) in [6.07, 6.45) is 0. The number of rotatable bonds is 1. The van der Waals surface area contributed by atoms with E-state index in [1.807, 2.05) is 0 Å². The molecular formula is C6H4FOS+. The molecule has 9 heavy (non-hydrogen) atoms. The molecule has 1 nitrogen and oxygen atoms in total. The predicted molar refractivity (Wildman–Crippen MR) is 32.7 cm³/mol. The molecule has 0 spiro atoms. The van der Waals surface area contributed by atoms with Gasteiger partial charge in [-0.25, -0.2) is 4.39 Å². The van der Waals surface area contributed by atoms with Crippen molar-refractivity contribution in [3.63, 3.8) is 0 Å². The summed E-state index contributed by atoms with van der Waals surface area (Å²) in [4.78, 5) is 0.150. The van der Waals surface area contributed by atoms with Crippen molar-refractivity contribution in [2.24, 2.45) is 0 Å². The molecule has 0 saturated carbocycles. The maximum Gasteiger partial charge on any atom is 0.508 e. The second kappa shape index (κ2) is 2.64. The van der Waals surface area contributed by atoms with Gasteiger partial charge in [-0.15, -0.1) is 0 Å². The molecule has 0 aliphatic carbocycles. The summed E-state index contributed by atoms with van der Waals surface area (Å²) in [5, 5.41) is 0. The van der Waals surface area contributed by atoms with Gasteiger partial charge in [-0.1, -0.05) is 12.1 Å². The number of hydrogen-bond acceptors (Lipinski definition) is 1. The molecule has 3 heteroatoms. The SMILES string of the molecule is O=[S+]c1ccccc1F. The van der Waals surface area contributed by atoms with Crippen LogP contribution in [0.1, 0.15) is 0 Å². The van der Waals surface area contributed by atoms with E-state index >= 15 is 0 Å². The Kier molecular flexibility index (Phi) is 1.85. The van der Waals surface area contributed by atoms with Crippen LogP contribution in [0, 0.1) is 5.82 Å². The Morgan fingerprint density at radius 3 is 2.44 bits per heavy atom. The highest BCUT2D eigenvalue weighted by molar-refractivity contribution is 7.65. The molecule has 0 aliphatic heterocycles. The normalized spacial score (nSPS) is 9.00. The number of hydrogen-bond donors (Lipinski definition) is 0. The quantitative estimate of drug-likeness (QED) is 0.546. The standard InChI is InChI=1S/C6H4FOS/c7-5-3-1-2-4-6(5)9-8/h1-4H/q+1. The number of halogens is 1. The zero-order chi connectivity index (χ0) is 6.69. The second-order valence-electron chi connectivity index (χ2n) is 1.51. The summed E-state index contributed by atoms with van der Waals surface area (Å²) in [5.74, 6) is -0.447. The van der Waals surface area contributed by atoms with E-state index in [4.69, 9.17) is 0 Å². The van der Waals surface area contributed by atoms with Crippen LogP contribution in [0.5, 0.6) is 0 Å². The summed E-state index contributed by atoms with van der Waals surface area (Å²) >= 11 is 0.170. The molecule has 0 bridgehead atoms. The van der Waals surface area contributed by atoms with Gasteiger partial charge in [-0.3, -0.25) is 0 Å². The minimum absolute atomic E-state index is 0.150. The maximum atomic E-state index is 12.4. The van der Waals surface area contributed by atoms with E-state index in [1.165, 1.54) is 12.1 Å². The van der Waals surface area contributed by atoms with Crippen molar-refractivity contribution >= 4 is 11.7 Å². The third kappa shape index (κ3) is 1.29. The highest BCUT2D eigenvalue weighted by Crippen LogP contribution is 2.04. The molecule has 1 aromatic carbocycles. The number of benzene rings is 1. The lowest BCUT2D eigenvalue weighted by Gasteiger charge is -1.78. The van der Waals surface area contributed by atoms with E-state index in [9.17, 15) is 8.60 Å². The topological polar surface area (TPSA) is 17.1 Å². The van der Waals surface area contributed by atoms with Gasteiger partial charge in [0.25, 0.3) is 0 Å². The van der Waals surface area contributed by atoms with Gasteiger partial charge in [-0.2, -0.15) is 0 Å². The van der Waals surface area contributed by atoms with Gasteiger partial charge in [0.2, 0.25) is 0 Å². The average molecular weight is 143 g/mol. The van der Waals surface area contributed by atoms with Crippen LogP contribution in [0.15, 0.2) is 29.2 Å². The minimum Gasteiger partial charge on any atom is -0.201 e. The van der Waals surface area contributed by atoms with Crippen molar-refractivity contribution in [3.8, 4) is 0 Å². The Morgan fingerprint density at radius 1 is 1.33 bits per heavy atom.